The summed E-state index contributed by atoms with van der Waals surface area (Å²) < 4.78 is 45.0. The fourth-order valence-electron chi connectivity index (χ4n) is 3.27. The number of hydrogen-bond acceptors (Lipinski definition) is 3. The van der Waals surface area contributed by atoms with Crippen molar-refractivity contribution in [3.05, 3.63) is 29.8 Å². The first kappa shape index (κ1) is 19.3. The summed E-state index contributed by atoms with van der Waals surface area (Å²) in [6, 6.07) is 6.44. The first-order valence-corrected chi connectivity index (χ1v) is 8.82. The molecule has 1 aromatic carbocycles. The van der Waals surface area contributed by atoms with Gasteiger partial charge in [-0.3, -0.25) is 4.79 Å². The van der Waals surface area contributed by atoms with Crippen LogP contribution in [0, 0.1) is 11.8 Å². The van der Waals surface area contributed by atoms with E-state index in [-0.39, 0.29) is 12.6 Å². The van der Waals surface area contributed by atoms with Crippen molar-refractivity contribution in [3.63, 3.8) is 0 Å². The summed E-state index contributed by atoms with van der Waals surface area (Å²) in [6.45, 7) is -1.04. The molecule has 9 heteroatoms. The molecule has 0 radical (unpaired) electrons. The predicted octanol–water partition coefficient (Wildman–Crippen LogP) is 3.02. The second-order valence-corrected chi connectivity index (χ2v) is 6.94. The molecule has 1 saturated heterocycles. The van der Waals surface area contributed by atoms with E-state index in [0.717, 1.165) is 29.7 Å². The molecule has 1 aromatic rings. The number of carboxylic acids is 1. The standard InChI is InChI=1S/C18H21F3N2O4/c19-18(20,21)14-10-23(9-13(14)16(24)25)17(26)22-8-11-4-1-2-7-15(11)27-12-5-3-6-12/h1-2,4,7,12-14H,3,5-6,8-10H2,(H,22,26)(H,24,25)/t13-,14-/m1/s1. The Morgan fingerprint density at radius 3 is 2.48 bits per heavy atom. The number of hydrogen-bond donors (Lipinski definition) is 2. The van der Waals surface area contributed by atoms with Gasteiger partial charge in [0.15, 0.2) is 0 Å². The minimum atomic E-state index is -4.67. The van der Waals surface area contributed by atoms with Gasteiger partial charge in [-0.05, 0) is 25.3 Å². The predicted molar refractivity (Wildman–Crippen MR) is 89.2 cm³/mol. The maximum atomic E-state index is 13.0. The lowest BCUT2D eigenvalue weighted by Crippen LogP contribution is -2.39. The molecule has 2 N–H and O–H groups in total. The number of carbonyl (C=O) groups excluding carboxylic acids is 1. The summed E-state index contributed by atoms with van der Waals surface area (Å²) in [4.78, 5) is 24.3. The Morgan fingerprint density at radius 2 is 1.93 bits per heavy atom. The lowest BCUT2D eigenvalue weighted by atomic mass is 9.96. The van der Waals surface area contributed by atoms with Crippen molar-refractivity contribution in [2.75, 3.05) is 13.1 Å². The third-order valence-corrected chi connectivity index (χ3v) is 5.09. The van der Waals surface area contributed by atoms with Gasteiger partial charge in [-0.25, -0.2) is 4.79 Å². The van der Waals surface area contributed by atoms with Crippen LogP contribution in [0.1, 0.15) is 24.8 Å². The topological polar surface area (TPSA) is 78.9 Å². The number of nitrogens with one attached hydrogen (secondary N) is 1. The van der Waals surface area contributed by atoms with E-state index in [2.05, 4.69) is 5.32 Å². The smallest absolute Gasteiger partial charge is 0.394 e. The largest absolute Gasteiger partial charge is 0.490 e. The lowest BCUT2D eigenvalue weighted by Gasteiger charge is -2.27. The van der Waals surface area contributed by atoms with Crippen LogP contribution in [0.2, 0.25) is 0 Å². The van der Waals surface area contributed by atoms with Crippen molar-refractivity contribution < 1.29 is 32.6 Å². The molecule has 1 saturated carbocycles. The van der Waals surface area contributed by atoms with Gasteiger partial charge in [0.25, 0.3) is 0 Å². The lowest BCUT2D eigenvalue weighted by molar-refractivity contribution is -0.187. The van der Waals surface area contributed by atoms with Crippen LogP contribution in [0.15, 0.2) is 24.3 Å². The molecular weight excluding hydrogens is 365 g/mol. The zero-order chi connectivity index (χ0) is 19.6. The van der Waals surface area contributed by atoms with E-state index >= 15 is 0 Å². The Hall–Kier alpha value is -2.45. The van der Waals surface area contributed by atoms with Gasteiger partial charge >= 0.3 is 18.2 Å². The minimum Gasteiger partial charge on any atom is -0.490 e. The van der Waals surface area contributed by atoms with Gasteiger partial charge < -0.3 is 20.1 Å². The van der Waals surface area contributed by atoms with Crippen LogP contribution in [0.5, 0.6) is 5.75 Å². The Balaban J connectivity index is 1.60. The number of alkyl halides is 3. The third-order valence-electron chi connectivity index (χ3n) is 5.09. The summed E-state index contributed by atoms with van der Waals surface area (Å²) in [7, 11) is 0. The third kappa shape index (κ3) is 4.45. The molecule has 2 fully saturated rings. The normalized spacial score (nSPS) is 23.0. The first-order valence-electron chi connectivity index (χ1n) is 8.82. The van der Waals surface area contributed by atoms with Crippen LogP contribution in [0.4, 0.5) is 18.0 Å². The molecule has 148 valence electrons. The molecule has 0 aromatic heterocycles. The molecule has 2 atom stereocenters. The molecule has 1 aliphatic carbocycles. The Morgan fingerprint density at radius 1 is 1.22 bits per heavy atom. The fraction of sp³-hybridized carbons (Fsp3) is 0.556. The number of benzene rings is 1. The highest BCUT2D eigenvalue weighted by Crippen LogP contribution is 2.37. The van der Waals surface area contributed by atoms with Crippen molar-refractivity contribution in [2.45, 2.75) is 38.1 Å². The molecule has 3 rings (SSSR count). The molecular formula is C18H21F3N2O4. The summed E-state index contributed by atoms with van der Waals surface area (Å²) >= 11 is 0. The number of nitrogens with zero attached hydrogens (tertiary/aromatic N) is 1. The van der Waals surface area contributed by atoms with E-state index < -0.39 is 43.1 Å². The van der Waals surface area contributed by atoms with Crippen LogP contribution < -0.4 is 10.1 Å². The maximum absolute atomic E-state index is 13.0. The molecule has 0 bridgehead atoms. The zero-order valence-corrected chi connectivity index (χ0v) is 14.5. The summed E-state index contributed by atoms with van der Waals surface area (Å²) in [5.41, 5.74) is 0.721. The van der Waals surface area contributed by atoms with Gasteiger partial charge in [-0.15, -0.1) is 0 Å². The number of aliphatic carboxylic acids is 1. The Bertz CT molecular complexity index is 706. The molecule has 0 spiro atoms. The monoisotopic (exact) mass is 386 g/mol. The van der Waals surface area contributed by atoms with Gasteiger partial charge in [0, 0.05) is 25.2 Å². The maximum Gasteiger partial charge on any atom is 0.394 e. The number of likely N-dealkylation sites (tertiary alicyclic amines) is 1. The van der Waals surface area contributed by atoms with Gasteiger partial charge in [0.2, 0.25) is 0 Å². The zero-order valence-electron chi connectivity index (χ0n) is 14.5. The highest BCUT2D eigenvalue weighted by Gasteiger charge is 2.53. The molecule has 2 aliphatic rings. The number of carbonyl (C=O) groups is 2. The Kier molecular flexibility index (Phi) is 5.48. The average molecular weight is 386 g/mol. The number of carboxylic acid groups (broad SMARTS) is 1. The van der Waals surface area contributed by atoms with Crippen molar-refractivity contribution in [2.24, 2.45) is 11.8 Å². The molecule has 6 nitrogen and oxygen atoms in total. The van der Waals surface area contributed by atoms with Gasteiger partial charge in [0.1, 0.15) is 5.75 Å². The van der Waals surface area contributed by atoms with Crippen LogP contribution in [0.3, 0.4) is 0 Å². The second kappa shape index (κ2) is 7.66. The summed E-state index contributed by atoms with van der Waals surface area (Å²) in [5.74, 6) is -4.62. The molecule has 27 heavy (non-hydrogen) atoms. The molecule has 1 aliphatic heterocycles. The Labute approximate surface area is 154 Å². The molecule has 1 heterocycles. The first-order chi connectivity index (χ1) is 12.8. The fourth-order valence-corrected chi connectivity index (χ4v) is 3.27. The average Bonchev–Trinajstić information content (AvgIpc) is 3.03. The minimum absolute atomic E-state index is 0.0899. The SMILES string of the molecule is O=C(O)[C@@H]1CN(C(=O)NCc2ccccc2OC2CCC2)C[C@H]1C(F)(F)F. The van der Waals surface area contributed by atoms with Crippen molar-refractivity contribution in [1.82, 2.24) is 10.2 Å². The summed E-state index contributed by atoms with van der Waals surface area (Å²) in [6.07, 6.45) is -1.44. The van der Waals surface area contributed by atoms with E-state index in [1.807, 2.05) is 6.07 Å². The van der Waals surface area contributed by atoms with E-state index in [1.54, 1.807) is 18.2 Å². The number of amides is 2. The van der Waals surface area contributed by atoms with E-state index in [4.69, 9.17) is 9.84 Å². The number of rotatable bonds is 5. The highest BCUT2D eigenvalue weighted by atomic mass is 19.4. The number of ether oxygens (including phenoxy) is 1. The number of urea groups is 1. The number of halogens is 3. The van der Waals surface area contributed by atoms with Crippen LogP contribution in [0.25, 0.3) is 0 Å². The van der Waals surface area contributed by atoms with Crippen LogP contribution in [-0.2, 0) is 11.3 Å². The number of para-hydroxylation sites is 1. The molecule has 0 unspecified atom stereocenters. The van der Waals surface area contributed by atoms with Crippen molar-refractivity contribution in [3.8, 4) is 5.75 Å². The van der Waals surface area contributed by atoms with Gasteiger partial charge in [-0.1, -0.05) is 18.2 Å². The molecule has 2 amide bonds. The second-order valence-electron chi connectivity index (χ2n) is 6.94. The van der Waals surface area contributed by atoms with Gasteiger partial charge in [-0.2, -0.15) is 13.2 Å². The quantitative estimate of drug-likeness (QED) is 0.815. The highest BCUT2D eigenvalue weighted by molar-refractivity contribution is 5.77. The van der Waals surface area contributed by atoms with Crippen LogP contribution in [-0.4, -0.2) is 47.4 Å². The van der Waals surface area contributed by atoms with E-state index in [1.165, 1.54) is 0 Å². The van der Waals surface area contributed by atoms with Crippen molar-refractivity contribution in [1.29, 1.82) is 0 Å². The van der Waals surface area contributed by atoms with E-state index in [0.29, 0.717) is 5.75 Å². The van der Waals surface area contributed by atoms with Gasteiger partial charge in [0.05, 0.1) is 17.9 Å². The van der Waals surface area contributed by atoms with Crippen LogP contribution >= 0.6 is 0 Å². The van der Waals surface area contributed by atoms with E-state index in [9.17, 15) is 22.8 Å². The summed E-state index contributed by atoms with van der Waals surface area (Å²) in [5, 5.41) is 11.6. The van der Waals surface area contributed by atoms with Crippen molar-refractivity contribution >= 4 is 12.0 Å².